The molecule has 3 aromatic rings. The molecule has 0 saturated carbocycles. The van der Waals surface area contributed by atoms with Crippen LogP contribution in [0.15, 0.2) is 60.7 Å². The molecule has 162 valence electrons. The number of carbonyl (C=O) groups excluding carboxylic acids is 1. The first-order chi connectivity index (χ1) is 15.1. The molecule has 1 aliphatic heterocycles. The van der Waals surface area contributed by atoms with Crippen LogP contribution in [0.1, 0.15) is 23.4 Å². The molecule has 1 amide bonds. The molecular weight excluding hydrogens is 386 g/mol. The Morgan fingerprint density at radius 1 is 0.903 bits per heavy atom. The van der Waals surface area contributed by atoms with Crippen molar-refractivity contribution in [2.45, 2.75) is 26.8 Å². The number of rotatable bonds is 6. The number of carbonyl (C=O) groups is 1. The zero-order chi connectivity index (χ0) is 21.6. The van der Waals surface area contributed by atoms with E-state index in [1.165, 1.54) is 5.56 Å². The van der Waals surface area contributed by atoms with Crippen LogP contribution in [0.3, 0.4) is 0 Å². The van der Waals surface area contributed by atoms with E-state index in [1.54, 1.807) is 0 Å². The summed E-state index contributed by atoms with van der Waals surface area (Å²) in [6.45, 7) is 9.21. The van der Waals surface area contributed by atoms with Crippen molar-refractivity contribution in [3.8, 4) is 5.69 Å². The summed E-state index contributed by atoms with van der Waals surface area (Å²) in [6.07, 6.45) is 1.07. The van der Waals surface area contributed by atoms with Gasteiger partial charge in [-0.05, 0) is 51.1 Å². The highest BCUT2D eigenvalue weighted by molar-refractivity contribution is 5.93. The number of aryl methyl sites for hydroxylation is 1. The predicted octanol–water partition coefficient (Wildman–Crippen LogP) is 3.64. The molecule has 2 heterocycles. The quantitative estimate of drug-likeness (QED) is 0.665. The maximum absolute atomic E-state index is 12.8. The number of hydrogen-bond acceptors (Lipinski definition) is 4. The monoisotopic (exact) mass is 417 g/mol. The van der Waals surface area contributed by atoms with Gasteiger partial charge in [-0.25, -0.2) is 4.68 Å². The SMILES string of the molecule is Cc1nn(-c2ccccc2)c(C)c1NC(=O)CN1CCCN(Cc2ccccc2)CC1. The molecule has 1 N–H and O–H groups in total. The van der Waals surface area contributed by atoms with E-state index in [-0.39, 0.29) is 5.91 Å². The summed E-state index contributed by atoms with van der Waals surface area (Å²) in [5.74, 6) is 0.0234. The molecular formula is C25H31N5O. The van der Waals surface area contributed by atoms with E-state index >= 15 is 0 Å². The lowest BCUT2D eigenvalue weighted by atomic mass is 10.2. The van der Waals surface area contributed by atoms with Crippen LogP contribution in [-0.4, -0.2) is 58.2 Å². The summed E-state index contributed by atoms with van der Waals surface area (Å²) in [6, 6.07) is 20.6. The van der Waals surface area contributed by atoms with Crippen LogP contribution in [0.5, 0.6) is 0 Å². The third-order valence-corrected chi connectivity index (χ3v) is 5.85. The first-order valence-electron chi connectivity index (χ1n) is 11.0. The van der Waals surface area contributed by atoms with Gasteiger partial charge in [-0.3, -0.25) is 14.6 Å². The van der Waals surface area contributed by atoms with Crippen molar-refractivity contribution in [2.75, 3.05) is 38.0 Å². The van der Waals surface area contributed by atoms with Crippen molar-refractivity contribution in [1.82, 2.24) is 19.6 Å². The molecule has 1 aromatic heterocycles. The minimum absolute atomic E-state index is 0.0234. The zero-order valence-corrected chi connectivity index (χ0v) is 18.4. The normalized spacial score (nSPS) is 15.5. The third kappa shape index (κ3) is 5.40. The van der Waals surface area contributed by atoms with E-state index in [1.807, 2.05) is 48.9 Å². The fourth-order valence-corrected chi connectivity index (χ4v) is 4.21. The maximum atomic E-state index is 12.8. The van der Waals surface area contributed by atoms with Crippen LogP contribution in [0.2, 0.25) is 0 Å². The second-order valence-electron chi connectivity index (χ2n) is 8.23. The Morgan fingerprint density at radius 3 is 2.29 bits per heavy atom. The number of aromatic nitrogens is 2. The molecule has 2 aromatic carbocycles. The number of nitrogens with zero attached hydrogens (tertiary/aromatic N) is 4. The standard InChI is InChI=1S/C25H31N5O/c1-20-25(21(2)30(27-20)23-12-7-4-8-13-23)26-24(31)19-29-15-9-14-28(16-17-29)18-22-10-5-3-6-11-22/h3-8,10-13H,9,14-19H2,1-2H3,(H,26,31). The van der Waals surface area contributed by atoms with Crippen molar-refractivity contribution < 1.29 is 4.79 Å². The van der Waals surface area contributed by atoms with Gasteiger partial charge in [0.15, 0.2) is 0 Å². The Bertz CT molecular complexity index is 1000. The van der Waals surface area contributed by atoms with Gasteiger partial charge in [0.05, 0.1) is 29.3 Å². The van der Waals surface area contributed by atoms with Gasteiger partial charge in [0.2, 0.25) is 5.91 Å². The van der Waals surface area contributed by atoms with Gasteiger partial charge in [-0.15, -0.1) is 0 Å². The Morgan fingerprint density at radius 2 is 1.55 bits per heavy atom. The lowest BCUT2D eigenvalue weighted by molar-refractivity contribution is -0.117. The predicted molar refractivity (Wildman–Crippen MR) is 124 cm³/mol. The van der Waals surface area contributed by atoms with Crippen LogP contribution in [0, 0.1) is 13.8 Å². The molecule has 0 atom stereocenters. The van der Waals surface area contributed by atoms with Gasteiger partial charge in [0.25, 0.3) is 0 Å². The number of para-hydroxylation sites is 1. The summed E-state index contributed by atoms with van der Waals surface area (Å²) in [4.78, 5) is 17.5. The summed E-state index contributed by atoms with van der Waals surface area (Å²) in [5.41, 5.74) is 4.93. The number of amides is 1. The molecule has 0 radical (unpaired) electrons. The summed E-state index contributed by atoms with van der Waals surface area (Å²) < 4.78 is 1.89. The Balaban J connectivity index is 1.33. The van der Waals surface area contributed by atoms with Crippen molar-refractivity contribution in [3.63, 3.8) is 0 Å². The van der Waals surface area contributed by atoms with Crippen LogP contribution in [0.25, 0.3) is 5.69 Å². The van der Waals surface area contributed by atoms with E-state index in [0.29, 0.717) is 6.54 Å². The van der Waals surface area contributed by atoms with Gasteiger partial charge in [0.1, 0.15) is 0 Å². The summed E-state index contributed by atoms with van der Waals surface area (Å²) in [7, 11) is 0. The first kappa shape index (κ1) is 21.3. The average molecular weight is 418 g/mol. The Kier molecular flexibility index (Phi) is 6.79. The average Bonchev–Trinajstić information content (AvgIpc) is 2.93. The van der Waals surface area contributed by atoms with E-state index in [0.717, 1.165) is 61.9 Å². The van der Waals surface area contributed by atoms with Crippen molar-refractivity contribution in [2.24, 2.45) is 0 Å². The summed E-state index contributed by atoms with van der Waals surface area (Å²) in [5, 5.41) is 7.74. The minimum Gasteiger partial charge on any atom is -0.322 e. The van der Waals surface area contributed by atoms with Crippen molar-refractivity contribution in [3.05, 3.63) is 77.6 Å². The second kappa shape index (κ2) is 9.90. The fourth-order valence-electron chi connectivity index (χ4n) is 4.21. The van der Waals surface area contributed by atoms with Gasteiger partial charge in [0, 0.05) is 19.6 Å². The smallest absolute Gasteiger partial charge is 0.238 e. The van der Waals surface area contributed by atoms with Gasteiger partial charge < -0.3 is 5.32 Å². The highest BCUT2D eigenvalue weighted by Crippen LogP contribution is 2.22. The second-order valence-corrected chi connectivity index (χ2v) is 8.23. The lowest BCUT2D eigenvalue weighted by Crippen LogP contribution is -2.36. The largest absolute Gasteiger partial charge is 0.322 e. The van der Waals surface area contributed by atoms with Gasteiger partial charge in [-0.2, -0.15) is 5.10 Å². The van der Waals surface area contributed by atoms with Crippen LogP contribution in [-0.2, 0) is 11.3 Å². The minimum atomic E-state index is 0.0234. The lowest BCUT2D eigenvalue weighted by Gasteiger charge is -2.21. The van der Waals surface area contributed by atoms with Gasteiger partial charge in [-0.1, -0.05) is 48.5 Å². The Labute approximate surface area is 184 Å². The summed E-state index contributed by atoms with van der Waals surface area (Å²) >= 11 is 0. The molecule has 0 spiro atoms. The number of nitrogens with one attached hydrogen (secondary N) is 1. The number of anilines is 1. The van der Waals surface area contributed by atoms with Crippen LogP contribution in [0.4, 0.5) is 5.69 Å². The zero-order valence-electron chi connectivity index (χ0n) is 18.4. The molecule has 4 rings (SSSR count). The van der Waals surface area contributed by atoms with Crippen LogP contribution >= 0.6 is 0 Å². The van der Waals surface area contributed by atoms with E-state index < -0.39 is 0 Å². The fraction of sp³-hybridized carbons (Fsp3) is 0.360. The Hall–Kier alpha value is -2.96. The van der Waals surface area contributed by atoms with E-state index in [4.69, 9.17) is 0 Å². The molecule has 1 fully saturated rings. The molecule has 1 aliphatic rings. The van der Waals surface area contributed by atoms with Crippen molar-refractivity contribution in [1.29, 1.82) is 0 Å². The molecule has 0 aliphatic carbocycles. The van der Waals surface area contributed by atoms with Crippen molar-refractivity contribution >= 4 is 11.6 Å². The molecule has 6 heteroatoms. The molecule has 0 unspecified atom stereocenters. The molecule has 6 nitrogen and oxygen atoms in total. The third-order valence-electron chi connectivity index (χ3n) is 5.85. The number of benzene rings is 2. The van der Waals surface area contributed by atoms with E-state index in [9.17, 15) is 4.79 Å². The molecule has 0 bridgehead atoms. The van der Waals surface area contributed by atoms with Crippen LogP contribution < -0.4 is 5.32 Å². The molecule has 31 heavy (non-hydrogen) atoms. The highest BCUT2D eigenvalue weighted by Gasteiger charge is 2.19. The maximum Gasteiger partial charge on any atom is 0.238 e. The topological polar surface area (TPSA) is 53.4 Å². The first-order valence-corrected chi connectivity index (χ1v) is 11.0. The van der Waals surface area contributed by atoms with E-state index in [2.05, 4.69) is 50.5 Å². The van der Waals surface area contributed by atoms with Gasteiger partial charge >= 0.3 is 0 Å². The number of hydrogen-bond donors (Lipinski definition) is 1. The molecule has 1 saturated heterocycles. The highest BCUT2D eigenvalue weighted by atomic mass is 16.2.